The molecule has 28 heavy (non-hydrogen) atoms. The van der Waals surface area contributed by atoms with Crippen LogP contribution in [-0.2, 0) is 11.3 Å². The highest BCUT2D eigenvalue weighted by Gasteiger charge is 2.16. The quantitative estimate of drug-likeness (QED) is 0.559. The SMILES string of the molecule is CCn1c(SCC(=O)N[C@H](C)c2cccc(Cl)c2)nnc1-c1ccccc1C. The summed E-state index contributed by atoms with van der Waals surface area (Å²) in [6.45, 7) is 6.79. The number of nitrogens with one attached hydrogen (secondary N) is 1. The third-order valence-electron chi connectivity index (χ3n) is 4.48. The number of halogens is 1. The molecule has 0 bridgehead atoms. The number of aromatic nitrogens is 3. The van der Waals surface area contributed by atoms with Gasteiger partial charge in [0.2, 0.25) is 5.91 Å². The van der Waals surface area contributed by atoms with Crippen LogP contribution in [0.3, 0.4) is 0 Å². The number of hydrogen-bond donors (Lipinski definition) is 1. The van der Waals surface area contributed by atoms with Crippen LogP contribution in [0.4, 0.5) is 0 Å². The molecular weight excluding hydrogens is 392 g/mol. The van der Waals surface area contributed by atoms with Crippen LogP contribution in [0.15, 0.2) is 53.7 Å². The molecule has 1 atom stereocenters. The molecule has 3 rings (SSSR count). The highest BCUT2D eigenvalue weighted by atomic mass is 35.5. The maximum absolute atomic E-state index is 12.4. The first-order valence-electron chi connectivity index (χ1n) is 9.16. The summed E-state index contributed by atoms with van der Waals surface area (Å²) >= 11 is 7.42. The van der Waals surface area contributed by atoms with E-state index in [1.807, 2.05) is 54.0 Å². The van der Waals surface area contributed by atoms with Crippen LogP contribution in [0.2, 0.25) is 5.02 Å². The number of carbonyl (C=O) groups is 1. The molecule has 1 heterocycles. The van der Waals surface area contributed by atoms with Gasteiger partial charge in [-0.25, -0.2) is 0 Å². The molecule has 0 fully saturated rings. The Hall–Kier alpha value is -2.31. The number of nitrogens with zero attached hydrogens (tertiary/aromatic N) is 3. The summed E-state index contributed by atoms with van der Waals surface area (Å²) in [6.07, 6.45) is 0. The third kappa shape index (κ3) is 4.75. The van der Waals surface area contributed by atoms with E-state index in [1.54, 1.807) is 0 Å². The van der Waals surface area contributed by atoms with Crippen LogP contribution in [0.1, 0.15) is 31.0 Å². The van der Waals surface area contributed by atoms with Gasteiger partial charge >= 0.3 is 0 Å². The summed E-state index contributed by atoms with van der Waals surface area (Å²) in [4.78, 5) is 12.4. The van der Waals surface area contributed by atoms with E-state index in [4.69, 9.17) is 11.6 Å². The Bertz CT molecular complexity index is 973. The number of hydrogen-bond acceptors (Lipinski definition) is 4. The van der Waals surface area contributed by atoms with Crippen LogP contribution in [0.5, 0.6) is 0 Å². The van der Waals surface area contributed by atoms with Gasteiger partial charge in [-0.3, -0.25) is 4.79 Å². The average Bonchev–Trinajstić information content (AvgIpc) is 3.09. The van der Waals surface area contributed by atoms with Gasteiger partial charge in [-0.05, 0) is 44.0 Å². The van der Waals surface area contributed by atoms with Crippen molar-refractivity contribution in [3.05, 3.63) is 64.7 Å². The first kappa shape index (κ1) is 20.4. The minimum absolute atomic E-state index is 0.0550. The van der Waals surface area contributed by atoms with E-state index in [0.29, 0.717) is 5.02 Å². The first-order valence-corrected chi connectivity index (χ1v) is 10.5. The zero-order chi connectivity index (χ0) is 20.1. The van der Waals surface area contributed by atoms with Crippen molar-refractivity contribution in [2.45, 2.75) is 38.5 Å². The second kappa shape index (κ2) is 9.26. The maximum Gasteiger partial charge on any atom is 0.230 e. The molecule has 0 aliphatic rings. The fourth-order valence-corrected chi connectivity index (χ4v) is 3.99. The van der Waals surface area contributed by atoms with Crippen molar-refractivity contribution in [2.24, 2.45) is 0 Å². The van der Waals surface area contributed by atoms with Crippen LogP contribution < -0.4 is 5.32 Å². The Kier molecular flexibility index (Phi) is 6.75. The number of thioether (sulfide) groups is 1. The smallest absolute Gasteiger partial charge is 0.230 e. The number of rotatable bonds is 7. The van der Waals surface area contributed by atoms with Crippen LogP contribution in [-0.4, -0.2) is 26.4 Å². The highest BCUT2D eigenvalue weighted by molar-refractivity contribution is 7.99. The minimum Gasteiger partial charge on any atom is -0.349 e. The highest BCUT2D eigenvalue weighted by Crippen LogP contribution is 2.26. The van der Waals surface area contributed by atoms with Gasteiger partial charge in [-0.1, -0.05) is 59.8 Å². The van der Waals surface area contributed by atoms with E-state index in [0.717, 1.165) is 34.2 Å². The van der Waals surface area contributed by atoms with Crippen molar-refractivity contribution in [1.29, 1.82) is 0 Å². The minimum atomic E-state index is -0.113. The van der Waals surface area contributed by atoms with Gasteiger partial charge in [-0.15, -0.1) is 10.2 Å². The van der Waals surface area contributed by atoms with Crippen molar-refractivity contribution < 1.29 is 4.79 Å². The molecule has 1 amide bonds. The van der Waals surface area contributed by atoms with Crippen LogP contribution in [0, 0.1) is 6.92 Å². The van der Waals surface area contributed by atoms with Gasteiger partial charge in [0.05, 0.1) is 11.8 Å². The molecular formula is C21H23ClN4OS. The fraction of sp³-hybridized carbons (Fsp3) is 0.286. The predicted molar refractivity (Wildman–Crippen MR) is 115 cm³/mol. The van der Waals surface area contributed by atoms with E-state index in [-0.39, 0.29) is 17.7 Å². The van der Waals surface area contributed by atoms with E-state index in [2.05, 4.69) is 35.4 Å². The lowest BCUT2D eigenvalue weighted by Crippen LogP contribution is -2.28. The standard InChI is InChI=1S/C21H23ClN4OS/c1-4-26-20(18-11-6-5-8-14(18)2)24-25-21(26)28-13-19(27)23-15(3)16-9-7-10-17(22)12-16/h5-12,15H,4,13H2,1-3H3,(H,23,27)/t15-/m1/s1. The zero-order valence-corrected chi connectivity index (χ0v) is 17.7. The number of amides is 1. The molecule has 0 saturated heterocycles. The Morgan fingerprint density at radius 2 is 2.00 bits per heavy atom. The molecule has 0 unspecified atom stereocenters. The van der Waals surface area contributed by atoms with E-state index >= 15 is 0 Å². The summed E-state index contributed by atoms with van der Waals surface area (Å²) in [5, 5.41) is 13.1. The summed E-state index contributed by atoms with van der Waals surface area (Å²) in [5.74, 6) is 1.05. The van der Waals surface area contributed by atoms with Gasteiger partial charge in [0, 0.05) is 17.1 Å². The lowest BCUT2D eigenvalue weighted by molar-refractivity contribution is -0.119. The predicted octanol–water partition coefficient (Wildman–Crippen LogP) is 4.90. The molecule has 0 saturated carbocycles. The first-order chi connectivity index (χ1) is 13.5. The molecule has 146 valence electrons. The molecule has 1 aromatic heterocycles. The lowest BCUT2D eigenvalue weighted by Gasteiger charge is -2.14. The van der Waals surface area contributed by atoms with E-state index < -0.39 is 0 Å². The van der Waals surface area contributed by atoms with E-state index in [9.17, 15) is 4.79 Å². The Morgan fingerprint density at radius 1 is 1.21 bits per heavy atom. The van der Waals surface area contributed by atoms with Crippen LogP contribution >= 0.6 is 23.4 Å². The summed E-state index contributed by atoms with van der Waals surface area (Å²) < 4.78 is 2.04. The number of benzene rings is 2. The summed E-state index contributed by atoms with van der Waals surface area (Å²) in [5.41, 5.74) is 3.18. The second-order valence-corrected chi connectivity index (χ2v) is 7.88. The monoisotopic (exact) mass is 414 g/mol. The summed E-state index contributed by atoms with van der Waals surface area (Å²) in [6, 6.07) is 15.5. The Labute approximate surface area is 174 Å². The molecule has 7 heteroatoms. The van der Waals surface area contributed by atoms with Crippen LogP contribution in [0.25, 0.3) is 11.4 Å². The van der Waals surface area contributed by atoms with Crippen molar-refractivity contribution in [2.75, 3.05) is 5.75 Å². The molecule has 3 aromatic rings. The molecule has 0 radical (unpaired) electrons. The third-order valence-corrected chi connectivity index (χ3v) is 5.68. The molecule has 1 N–H and O–H groups in total. The van der Waals surface area contributed by atoms with E-state index in [1.165, 1.54) is 11.8 Å². The lowest BCUT2D eigenvalue weighted by atomic mass is 10.1. The fourth-order valence-electron chi connectivity index (χ4n) is 2.98. The van der Waals surface area contributed by atoms with Gasteiger partial charge in [-0.2, -0.15) is 0 Å². The molecule has 0 aliphatic carbocycles. The number of carbonyl (C=O) groups excluding carboxylic acids is 1. The molecule has 2 aromatic carbocycles. The van der Waals surface area contributed by atoms with Crippen molar-refractivity contribution in [3.8, 4) is 11.4 Å². The molecule has 0 aliphatic heterocycles. The van der Waals surface area contributed by atoms with Crippen molar-refractivity contribution in [1.82, 2.24) is 20.1 Å². The summed E-state index contributed by atoms with van der Waals surface area (Å²) in [7, 11) is 0. The zero-order valence-electron chi connectivity index (χ0n) is 16.1. The molecule has 5 nitrogen and oxygen atoms in total. The van der Waals surface area contributed by atoms with Gasteiger partial charge in [0.15, 0.2) is 11.0 Å². The van der Waals surface area contributed by atoms with Crippen molar-refractivity contribution >= 4 is 29.3 Å². The Morgan fingerprint density at radius 3 is 2.71 bits per heavy atom. The van der Waals surface area contributed by atoms with Crippen molar-refractivity contribution in [3.63, 3.8) is 0 Å². The normalized spacial score (nSPS) is 12.0. The number of aryl methyl sites for hydroxylation is 1. The van der Waals surface area contributed by atoms with Gasteiger partial charge < -0.3 is 9.88 Å². The average molecular weight is 415 g/mol. The second-order valence-electron chi connectivity index (χ2n) is 6.50. The topological polar surface area (TPSA) is 59.8 Å². The van der Waals surface area contributed by atoms with Gasteiger partial charge in [0.1, 0.15) is 0 Å². The van der Waals surface area contributed by atoms with Gasteiger partial charge in [0.25, 0.3) is 0 Å². The largest absolute Gasteiger partial charge is 0.349 e. The Balaban J connectivity index is 1.66. The molecule has 0 spiro atoms. The maximum atomic E-state index is 12.4.